The van der Waals surface area contributed by atoms with E-state index in [0.29, 0.717) is 17.0 Å². The number of carbonyl (C=O) groups is 1. The van der Waals surface area contributed by atoms with E-state index in [1.165, 1.54) is 23.8 Å². The molecule has 1 heterocycles. The second-order valence-electron chi connectivity index (χ2n) is 8.60. The van der Waals surface area contributed by atoms with Crippen LogP contribution < -0.4 is 10.9 Å². The lowest BCUT2D eigenvalue weighted by atomic mass is 9.88. The van der Waals surface area contributed by atoms with Crippen LogP contribution in [-0.2, 0) is 11.3 Å². The van der Waals surface area contributed by atoms with E-state index in [1.54, 1.807) is 32.2 Å². The summed E-state index contributed by atoms with van der Waals surface area (Å²) in [4.78, 5) is 25.5. The Labute approximate surface area is 153 Å². The number of carbonyl (C=O) groups excluding carboxylic acids is 1. The number of nitrogens with zero attached hydrogens (tertiary/aromatic N) is 1. The summed E-state index contributed by atoms with van der Waals surface area (Å²) in [5, 5.41) is 14.4. The van der Waals surface area contributed by atoms with Crippen molar-refractivity contribution >= 4 is 22.4 Å². The highest BCUT2D eigenvalue weighted by atomic mass is 16.3. The standard InChI is InChI=1S/C21H26N2O3/c1-21(2,26)12-23-9-8-15-16(20(23)25)4-3-5-18(15)22-19(24)17-11-13-6-7-14(17)10-13/h3-5,8-9,13-14,17,26H,6-7,10-12H2,1-2H3,(H,22,24)/t13-,14+,17?/m1/s1. The van der Waals surface area contributed by atoms with Crippen LogP contribution in [0.2, 0.25) is 0 Å². The maximum atomic E-state index is 12.8. The smallest absolute Gasteiger partial charge is 0.258 e. The molecule has 5 nitrogen and oxygen atoms in total. The van der Waals surface area contributed by atoms with E-state index in [0.717, 1.165) is 17.7 Å². The predicted molar refractivity (Wildman–Crippen MR) is 102 cm³/mol. The summed E-state index contributed by atoms with van der Waals surface area (Å²) >= 11 is 0. The minimum atomic E-state index is -0.967. The Bertz CT molecular complexity index is 910. The maximum Gasteiger partial charge on any atom is 0.258 e. The highest BCUT2D eigenvalue weighted by Crippen LogP contribution is 2.48. The third kappa shape index (κ3) is 3.16. The van der Waals surface area contributed by atoms with Gasteiger partial charge in [0.2, 0.25) is 5.91 Å². The van der Waals surface area contributed by atoms with Gasteiger partial charge in [0.15, 0.2) is 0 Å². The number of amides is 1. The second kappa shape index (κ2) is 6.23. The van der Waals surface area contributed by atoms with E-state index in [2.05, 4.69) is 5.32 Å². The van der Waals surface area contributed by atoms with E-state index in [4.69, 9.17) is 0 Å². The lowest BCUT2D eigenvalue weighted by Gasteiger charge is -2.22. The molecule has 3 atom stereocenters. The van der Waals surface area contributed by atoms with Crippen molar-refractivity contribution in [1.29, 1.82) is 0 Å². The predicted octanol–water partition coefficient (Wildman–Crippen LogP) is 3.15. The molecule has 138 valence electrons. The number of rotatable bonds is 4. The Morgan fingerprint density at radius 3 is 2.69 bits per heavy atom. The minimum absolute atomic E-state index is 0.0883. The first-order valence-electron chi connectivity index (χ1n) is 9.47. The molecule has 2 aromatic rings. The van der Waals surface area contributed by atoms with Crippen LogP contribution in [-0.4, -0.2) is 21.2 Å². The Morgan fingerprint density at radius 2 is 2.04 bits per heavy atom. The zero-order valence-corrected chi connectivity index (χ0v) is 15.4. The van der Waals surface area contributed by atoms with E-state index in [9.17, 15) is 14.7 Å². The zero-order valence-electron chi connectivity index (χ0n) is 15.4. The lowest BCUT2D eigenvalue weighted by Crippen LogP contribution is -2.32. The summed E-state index contributed by atoms with van der Waals surface area (Å²) in [5.41, 5.74) is -0.422. The fourth-order valence-electron chi connectivity index (χ4n) is 4.76. The maximum absolute atomic E-state index is 12.8. The van der Waals surface area contributed by atoms with Gasteiger partial charge in [0.25, 0.3) is 5.56 Å². The molecule has 26 heavy (non-hydrogen) atoms. The normalized spacial score (nSPS) is 25.0. The molecule has 1 aromatic heterocycles. The monoisotopic (exact) mass is 354 g/mol. The Kier molecular flexibility index (Phi) is 4.14. The number of aromatic nitrogens is 1. The van der Waals surface area contributed by atoms with Gasteiger partial charge in [-0.3, -0.25) is 9.59 Å². The highest BCUT2D eigenvalue weighted by molar-refractivity contribution is 6.02. The van der Waals surface area contributed by atoms with Crippen molar-refractivity contribution < 1.29 is 9.90 Å². The van der Waals surface area contributed by atoms with Crippen LogP contribution in [0.25, 0.3) is 10.8 Å². The zero-order chi connectivity index (χ0) is 18.5. The minimum Gasteiger partial charge on any atom is -0.389 e. The summed E-state index contributed by atoms with van der Waals surface area (Å²) in [6.07, 6.45) is 6.31. The molecule has 0 aliphatic heterocycles. The first-order chi connectivity index (χ1) is 12.3. The van der Waals surface area contributed by atoms with Gasteiger partial charge in [0.1, 0.15) is 0 Å². The molecule has 2 N–H and O–H groups in total. The third-order valence-electron chi connectivity index (χ3n) is 5.91. The molecule has 1 amide bonds. The molecule has 2 bridgehead atoms. The van der Waals surface area contributed by atoms with Crippen molar-refractivity contribution in [1.82, 2.24) is 4.57 Å². The van der Waals surface area contributed by atoms with Gasteiger partial charge in [-0.1, -0.05) is 12.5 Å². The van der Waals surface area contributed by atoms with Crippen molar-refractivity contribution in [3.63, 3.8) is 0 Å². The molecule has 1 aromatic carbocycles. The van der Waals surface area contributed by atoms with E-state index in [-0.39, 0.29) is 23.9 Å². The van der Waals surface area contributed by atoms with Crippen LogP contribution in [0.1, 0.15) is 39.5 Å². The third-order valence-corrected chi connectivity index (χ3v) is 5.91. The van der Waals surface area contributed by atoms with E-state index < -0.39 is 5.60 Å². The van der Waals surface area contributed by atoms with Crippen molar-refractivity contribution in [3.8, 4) is 0 Å². The summed E-state index contributed by atoms with van der Waals surface area (Å²) < 4.78 is 1.52. The molecule has 2 aliphatic rings. The summed E-state index contributed by atoms with van der Waals surface area (Å²) in [5.74, 6) is 1.45. The van der Waals surface area contributed by atoms with Gasteiger partial charge < -0.3 is 15.0 Å². The van der Waals surface area contributed by atoms with Gasteiger partial charge in [0, 0.05) is 28.6 Å². The molecule has 1 unspecified atom stereocenters. The first-order valence-corrected chi connectivity index (χ1v) is 9.47. The topological polar surface area (TPSA) is 71.3 Å². The second-order valence-corrected chi connectivity index (χ2v) is 8.60. The van der Waals surface area contributed by atoms with Gasteiger partial charge in [-0.15, -0.1) is 0 Å². The quantitative estimate of drug-likeness (QED) is 0.886. The van der Waals surface area contributed by atoms with Crippen molar-refractivity contribution in [2.45, 2.75) is 51.7 Å². The fourth-order valence-corrected chi connectivity index (χ4v) is 4.76. The first kappa shape index (κ1) is 17.3. The molecular weight excluding hydrogens is 328 g/mol. The van der Waals surface area contributed by atoms with Crippen LogP contribution in [0.5, 0.6) is 0 Å². The average molecular weight is 354 g/mol. The van der Waals surface area contributed by atoms with E-state index >= 15 is 0 Å². The number of nitrogens with one attached hydrogen (secondary N) is 1. The van der Waals surface area contributed by atoms with Crippen LogP contribution in [0.15, 0.2) is 35.3 Å². The summed E-state index contributed by atoms with van der Waals surface area (Å²) in [6.45, 7) is 3.58. The van der Waals surface area contributed by atoms with Crippen molar-refractivity contribution in [2.24, 2.45) is 17.8 Å². The van der Waals surface area contributed by atoms with Crippen LogP contribution in [0, 0.1) is 17.8 Å². The number of anilines is 1. The van der Waals surface area contributed by atoms with Gasteiger partial charge in [0.05, 0.1) is 12.1 Å². The van der Waals surface area contributed by atoms with Gasteiger partial charge in [-0.05, 0) is 63.1 Å². The van der Waals surface area contributed by atoms with Gasteiger partial charge in [-0.25, -0.2) is 0 Å². The molecule has 4 rings (SSSR count). The summed E-state index contributed by atoms with van der Waals surface area (Å²) in [7, 11) is 0. The van der Waals surface area contributed by atoms with Crippen molar-refractivity contribution in [2.75, 3.05) is 5.32 Å². The molecular formula is C21H26N2O3. The lowest BCUT2D eigenvalue weighted by molar-refractivity contribution is -0.121. The number of aliphatic hydroxyl groups is 1. The van der Waals surface area contributed by atoms with Gasteiger partial charge in [-0.2, -0.15) is 0 Å². The molecule has 2 aliphatic carbocycles. The molecule has 0 saturated heterocycles. The average Bonchev–Trinajstić information content (AvgIpc) is 3.20. The van der Waals surface area contributed by atoms with Crippen LogP contribution >= 0.6 is 0 Å². The Morgan fingerprint density at radius 1 is 1.23 bits per heavy atom. The molecule has 0 radical (unpaired) electrons. The Hall–Kier alpha value is -2.14. The molecule has 5 heteroatoms. The highest BCUT2D eigenvalue weighted by Gasteiger charge is 2.43. The van der Waals surface area contributed by atoms with Crippen LogP contribution in [0.4, 0.5) is 5.69 Å². The van der Waals surface area contributed by atoms with E-state index in [1.807, 2.05) is 12.1 Å². The van der Waals surface area contributed by atoms with Crippen LogP contribution in [0.3, 0.4) is 0 Å². The summed E-state index contributed by atoms with van der Waals surface area (Å²) in [6, 6.07) is 7.27. The fraction of sp³-hybridized carbons (Fsp3) is 0.524. The number of hydrogen-bond donors (Lipinski definition) is 2. The number of benzene rings is 1. The number of hydrogen-bond acceptors (Lipinski definition) is 3. The molecule has 2 saturated carbocycles. The Balaban J connectivity index is 1.63. The van der Waals surface area contributed by atoms with Crippen molar-refractivity contribution in [3.05, 3.63) is 40.8 Å². The number of fused-ring (bicyclic) bond motifs is 3. The number of pyridine rings is 1. The van der Waals surface area contributed by atoms with Gasteiger partial charge >= 0.3 is 0 Å². The molecule has 0 spiro atoms. The largest absolute Gasteiger partial charge is 0.389 e. The SMILES string of the molecule is CC(C)(O)Cn1ccc2c(NC(=O)C3C[C@@H]4CC[C@H]3C4)cccc2c1=O. The molecule has 2 fully saturated rings.